The Kier molecular flexibility index (Phi) is 3.07. The van der Waals surface area contributed by atoms with Crippen LogP contribution in [0.3, 0.4) is 0 Å². The highest BCUT2D eigenvalue weighted by Gasteiger charge is 2.55. The van der Waals surface area contributed by atoms with Crippen LogP contribution in [0.4, 0.5) is 0 Å². The number of nitrogens with zero attached hydrogens (tertiary/aromatic N) is 3. The number of hydrogen-bond donors (Lipinski definition) is 1. The van der Waals surface area contributed by atoms with Gasteiger partial charge in [-0.1, -0.05) is 25.9 Å². The molecule has 0 bridgehead atoms. The third-order valence-electron chi connectivity index (χ3n) is 3.98. The van der Waals surface area contributed by atoms with Crippen molar-refractivity contribution in [1.29, 1.82) is 0 Å². The van der Waals surface area contributed by atoms with E-state index in [0.29, 0.717) is 6.42 Å². The lowest BCUT2D eigenvalue weighted by Gasteiger charge is -2.37. The molecule has 0 amide bonds. The van der Waals surface area contributed by atoms with Crippen molar-refractivity contribution in [2.24, 2.45) is 16.4 Å². The highest BCUT2D eigenvalue weighted by atomic mass is 16.3. The van der Waals surface area contributed by atoms with Crippen molar-refractivity contribution < 1.29 is 9.90 Å². The lowest BCUT2D eigenvalue weighted by Crippen LogP contribution is -2.50. The second-order valence-corrected chi connectivity index (χ2v) is 4.83. The molecule has 0 saturated heterocycles. The summed E-state index contributed by atoms with van der Waals surface area (Å²) >= 11 is 0. The van der Waals surface area contributed by atoms with Gasteiger partial charge < -0.3 is 5.11 Å². The molecule has 1 rings (SSSR count). The maximum Gasteiger partial charge on any atom is 0.170 e. The Labute approximate surface area is 89.1 Å². The van der Waals surface area contributed by atoms with E-state index in [0.717, 1.165) is 6.42 Å². The van der Waals surface area contributed by atoms with Crippen LogP contribution in [0.15, 0.2) is 5.11 Å². The second kappa shape index (κ2) is 3.83. The number of azide groups is 1. The molecule has 5 heteroatoms. The van der Waals surface area contributed by atoms with Crippen LogP contribution in [0, 0.1) is 11.3 Å². The van der Waals surface area contributed by atoms with Crippen molar-refractivity contribution in [1.82, 2.24) is 0 Å². The van der Waals surface area contributed by atoms with Crippen molar-refractivity contribution in [3.05, 3.63) is 10.4 Å². The molecule has 1 aliphatic rings. The van der Waals surface area contributed by atoms with Gasteiger partial charge in [0.1, 0.15) is 5.60 Å². The lowest BCUT2D eigenvalue weighted by molar-refractivity contribution is -0.147. The van der Waals surface area contributed by atoms with Gasteiger partial charge in [-0.3, -0.25) is 4.79 Å². The van der Waals surface area contributed by atoms with E-state index in [4.69, 9.17) is 5.53 Å². The maximum atomic E-state index is 11.8. The summed E-state index contributed by atoms with van der Waals surface area (Å²) in [5.74, 6) is -0.0767. The molecule has 1 aliphatic carbocycles. The molecule has 0 aromatic heterocycles. The Bertz CT molecular complexity index is 321. The predicted molar refractivity (Wildman–Crippen MR) is 56.1 cm³/mol. The SMILES string of the molecule is C[C@@H]1CC[C@](O)(C(=O)CN=[N+]=[N-])C1(C)C. The molecule has 1 N–H and O–H groups in total. The Morgan fingerprint density at radius 3 is 2.67 bits per heavy atom. The van der Waals surface area contributed by atoms with Gasteiger partial charge in [0.2, 0.25) is 0 Å². The summed E-state index contributed by atoms with van der Waals surface area (Å²) in [6, 6.07) is 0. The quantitative estimate of drug-likeness (QED) is 0.440. The van der Waals surface area contributed by atoms with Crippen LogP contribution in [0.2, 0.25) is 0 Å². The van der Waals surface area contributed by atoms with E-state index in [-0.39, 0.29) is 18.2 Å². The van der Waals surface area contributed by atoms with Crippen LogP contribution >= 0.6 is 0 Å². The number of carbonyl (C=O) groups is 1. The summed E-state index contributed by atoms with van der Waals surface area (Å²) in [7, 11) is 0. The highest BCUT2D eigenvalue weighted by Crippen LogP contribution is 2.50. The zero-order chi connectivity index (χ0) is 11.7. The summed E-state index contributed by atoms with van der Waals surface area (Å²) in [6.45, 7) is 5.54. The van der Waals surface area contributed by atoms with E-state index in [9.17, 15) is 9.90 Å². The number of Topliss-reactive ketones (excluding diaryl/α,β-unsaturated/α-hetero) is 1. The van der Waals surface area contributed by atoms with E-state index in [1.54, 1.807) is 0 Å². The summed E-state index contributed by atoms with van der Waals surface area (Å²) in [5.41, 5.74) is 6.37. The molecule has 0 aromatic rings. The summed E-state index contributed by atoms with van der Waals surface area (Å²) in [6.07, 6.45) is 1.28. The molecule has 15 heavy (non-hydrogen) atoms. The zero-order valence-corrected chi connectivity index (χ0v) is 9.40. The molecule has 0 aliphatic heterocycles. The summed E-state index contributed by atoms with van der Waals surface area (Å²) < 4.78 is 0. The normalized spacial score (nSPS) is 33.5. The van der Waals surface area contributed by atoms with Crippen molar-refractivity contribution in [2.45, 2.75) is 39.2 Å². The zero-order valence-electron chi connectivity index (χ0n) is 9.40. The van der Waals surface area contributed by atoms with Crippen LogP contribution in [0.1, 0.15) is 33.6 Å². The molecule has 0 unspecified atom stereocenters. The average molecular weight is 211 g/mol. The maximum absolute atomic E-state index is 11.8. The molecule has 0 radical (unpaired) electrons. The van der Waals surface area contributed by atoms with E-state index >= 15 is 0 Å². The smallest absolute Gasteiger partial charge is 0.170 e. The van der Waals surface area contributed by atoms with Gasteiger partial charge in [-0.2, -0.15) is 0 Å². The van der Waals surface area contributed by atoms with Crippen molar-refractivity contribution in [3.8, 4) is 0 Å². The van der Waals surface area contributed by atoms with Crippen molar-refractivity contribution in [3.63, 3.8) is 0 Å². The van der Waals surface area contributed by atoms with Crippen LogP contribution in [0.5, 0.6) is 0 Å². The predicted octanol–water partition coefficient (Wildman–Crippen LogP) is 2.05. The second-order valence-electron chi connectivity index (χ2n) is 4.83. The Hall–Kier alpha value is -1.06. The van der Waals surface area contributed by atoms with Gasteiger partial charge in [-0.05, 0) is 24.3 Å². The van der Waals surface area contributed by atoms with Crippen LogP contribution in [-0.4, -0.2) is 23.0 Å². The summed E-state index contributed by atoms with van der Waals surface area (Å²) in [4.78, 5) is 14.3. The highest BCUT2D eigenvalue weighted by molar-refractivity contribution is 5.90. The minimum absolute atomic E-state index is 0.261. The lowest BCUT2D eigenvalue weighted by atomic mass is 9.71. The first-order valence-electron chi connectivity index (χ1n) is 5.13. The van der Waals surface area contributed by atoms with Gasteiger partial charge in [0.05, 0.1) is 6.54 Å². The van der Waals surface area contributed by atoms with Crippen LogP contribution < -0.4 is 0 Å². The third kappa shape index (κ3) is 1.73. The van der Waals surface area contributed by atoms with Crippen LogP contribution in [0.25, 0.3) is 10.4 Å². The van der Waals surface area contributed by atoms with Gasteiger partial charge in [-0.15, -0.1) is 0 Å². The molecule has 2 atom stereocenters. The van der Waals surface area contributed by atoms with Gasteiger partial charge in [-0.25, -0.2) is 0 Å². The third-order valence-corrected chi connectivity index (χ3v) is 3.98. The molecule has 5 nitrogen and oxygen atoms in total. The molecule has 84 valence electrons. The molecular weight excluding hydrogens is 194 g/mol. The molecule has 0 heterocycles. The van der Waals surface area contributed by atoms with Crippen molar-refractivity contribution >= 4 is 5.78 Å². The fourth-order valence-electron chi connectivity index (χ4n) is 2.24. The van der Waals surface area contributed by atoms with E-state index in [1.807, 2.05) is 20.8 Å². The average Bonchev–Trinajstić information content (AvgIpc) is 2.39. The largest absolute Gasteiger partial charge is 0.382 e. The van der Waals surface area contributed by atoms with Crippen molar-refractivity contribution in [2.75, 3.05) is 6.54 Å². The fourth-order valence-corrected chi connectivity index (χ4v) is 2.24. The minimum Gasteiger partial charge on any atom is -0.382 e. The molecule has 0 aromatic carbocycles. The van der Waals surface area contributed by atoms with Gasteiger partial charge in [0, 0.05) is 10.3 Å². The molecule has 1 fully saturated rings. The number of aliphatic hydroxyl groups is 1. The number of rotatable bonds is 3. The minimum atomic E-state index is -1.33. The van der Waals surface area contributed by atoms with Gasteiger partial charge >= 0.3 is 0 Å². The summed E-state index contributed by atoms with van der Waals surface area (Å²) in [5, 5.41) is 13.6. The first-order chi connectivity index (χ1) is 6.86. The van der Waals surface area contributed by atoms with E-state index in [1.165, 1.54) is 0 Å². The van der Waals surface area contributed by atoms with Crippen LogP contribution in [-0.2, 0) is 4.79 Å². The first kappa shape index (κ1) is 12.0. The Morgan fingerprint density at radius 1 is 1.67 bits per heavy atom. The Balaban J connectivity index is 2.92. The monoisotopic (exact) mass is 211 g/mol. The van der Waals surface area contributed by atoms with E-state index in [2.05, 4.69) is 10.0 Å². The van der Waals surface area contributed by atoms with Gasteiger partial charge in [0.25, 0.3) is 0 Å². The Morgan fingerprint density at radius 2 is 2.27 bits per heavy atom. The fraction of sp³-hybridized carbons (Fsp3) is 0.900. The topological polar surface area (TPSA) is 86.1 Å². The number of hydrogen-bond acceptors (Lipinski definition) is 3. The number of ketones is 1. The molecule has 0 spiro atoms. The molecular formula is C10H17N3O2. The van der Waals surface area contributed by atoms with Gasteiger partial charge in [0.15, 0.2) is 5.78 Å². The standard InChI is InChI=1S/C10H17N3O2/c1-7-4-5-10(15,9(7,2)3)8(14)6-12-13-11/h7,15H,4-6H2,1-3H3/t7-,10+/m1/s1. The molecule has 1 saturated carbocycles. The van der Waals surface area contributed by atoms with E-state index < -0.39 is 11.0 Å². The number of carbonyl (C=O) groups excluding carboxylic acids is 1. The first-order valence-corrected chi connectivity index (χ1v) is 5.13.